The summed E-state index contributed by atoms with van der Waals surface area (Å²) in [7, 11) is -7.63. The molecule has 1 aliphatic heterocycles. The van der Waals surface area contributed by atoms with Crippen molar-refractivity contribution in [3.8, 4) is 0 Å². The molecule has 3 aromatic carbocycles. The van der Waals surface area contributed by atoms with Crippen molar-refractivity contribution in [2.45, 2.75) is 36.0 Å². The highest BCUT2D eigenvalue weighted by Crippen LogP contribution is 2.26. The first-order valence-corrected chi connectivity index (χ1v) is 15.5. The van der Waals surface area contributed by atoms with Crippen LogP contribution in [-0.4, -0.2) is 46.7 Å². The Morgan fingerprint density at radius 1 is 0.838 bits per heavy atom. The van der Waals surface area contributed by atoms with E-state index in [1.807, 2.05) is 6.92 Å². The van der Waals surface area contributed by atoms with Gasteiger partial charge in [0.1, 0.15) is 6.54 Å². The van der Waals surface area contributed by atoms with E-state index in [2.05, 4.69) is 21.2 Å². The number of amides is 1. The number of nitrogens with zero attached hydrogens (tertiary/aromatic N) is 2. The van der Waals surface area contributed by atoms with E-state index in [1.165, 1.54) is 40.7 Å². The van der Waals surface area contributed by atoms with Gasteiger partial charge in [-0.05, 0) is 80.4 Å². The third-order valence-corrected chi connectivity index (χ3v) is 10.3. The second kappa shape index (κ2) is 11.3. The van der Waals surface area contributed by atoms with Crippen molar-refractivity contribution in [3.05, 3.63) is 82.8 Å². The number of sulfonamides is 2. The highest BCUT2D eigenvalue weighted by molar-refractivity contribution is 9.10. The zero-order valence-corrected chi connectivity index (χ0v) is 23.5. The minimum absolute atomic E-state index is 0.0705. The van der Waals surface area contributed by atoms with E-state index in [0.29, 0.717) is 24.5 Å². The maximum Gasteiger partial charge on any atom is 0.264 e. The van der Waals surface area contributed by atoms with Crippen LogP contribution in [0.15, 0.2) is 87.1 Å². The van der Waals surface area contributed by atoms with Crippen molar-refractivity contribution in [3.63, 3.8) is 0 Å². The fourth-order valence-corrected chi connectivity index (χ4v) is 7.26. The van der Waals surface area contributed by atoms with E-state index >= 15 is 0 Å². The number of benzene rings is 3. The molecule has 1 N–H and O–H groups in total. The number of hydrogen-bond acceptors (Lipinski definition) is 5. The minimum Gasteiger partial charge on any atom is -0.325 e. The number of piperidine rings is 1. The number of carbonyl (C=O) groups excluding carboxylic acids is 1. The zero-order valence-electron chi connectivity index (χ0n) is 20.3. The molecule has 0 aliphatic carbocycles. The van der Waals surface area contributed by atoms with Crippen LogP contribution in [0.1, 0.15) is 24.8 Å². The summed E-state index contributed by atoms with van der Waals surface area (Å²) in [6.07, 6.45) is 2.70. The summed E-state index contributed by atoms with van der Waals surface area (Å²) in [6, 6.07) is 19.0. The Morgan fingerprint density at radius 3 is 2.00 bits per heavy atom. The molecule has 3 aromatic rings. The van der Waals surface area contributed by atoms with Crippen molar-refractivity contribution in [2.24, 2.45) is 0 Å². The third kappa shape index (κ3) is 6.40. The average Bonchev–Trinajstić information content (AvgIpc) is 2.89. The number of rotatable bonds is 8. The Kier molecular flexibility index (Phi) is 8.37. The summed E-state index contributed by atoms with van der Waals surface area (Å²) >= 11 is 3.34. The van der Waals surface area contributed by atoms with Crippen molar-refractivity contribution >= 4 is 53.3 Å². The molecule has 4 rings (SSSR count). The first-order chi connectivity index (χ1) is 17.6. The van der Waals surface area contributed by atoms with Crippen LogP contribution in [0, 0.1) is 6.92 Å². The van der Waals surface area contributed by atoms with E-state index in [1.54, 1.807) is 36.4 Å². The van der Waals surface area contributed by atoms with E-state index in [-0.39, 0.29) is 9.79 Å². The van der Waals surface area contributed by atoms with Gasteiger partial charge in [-0.25, -0.2) is 16.8 Å². The first-order valence-electron chi connectivity index (χ1n) is 11.8. The molecule has 0 unspecified atom stereocenters. The Labute approximate surface area is 226 Å². The van der Waals surface area contributed by atoms with Gasteiger partial charge >= 0.3 is 0 Å². The molecule has 11 heteroatoms. The molecule has 0 spiro atoms. The maximum atomic E-state index is 13.5. The molecule has 1 saturated heterocycles. The lowest BCUT2D eigenvalue weighted by molar-refractivity contribution is -0.114. The lowest BCUT2D eigenvalue weighted by Gasteiger charge is -2.26. The Bertz CT molecular complexity index is 1450. The quantitative estimate of drug-likeness (QED) is 0.398. The lowest BCUT2D eigenvalue weighted by atomic mass is 10.2. The standard InChI is InChI=1S/C26H28BrN3O5S2/c1-20-5-13-25(14-6-20)37(34,35)30(23-11-7-21(27)8-12-23)19-26(31)28-22-9-15-24(16-10-22)36(32,33)29-17-3-2-4-18-29/h5-16H,2-4,17-19H2,1H3,(H,28,31). The van der Waals surface area contributed by atoms with Crippen LogP contribution in [-0.2, 0) is 24.8 Å². The Hall–Kier alpha value is -2.73. The molecule has 1 amide bonds. The average molecular weight is 607 g/mol. The second-order valence-electron chi connectivity index (χ2n) is 8.84. The Balaban J connectivity index is 1.53. The number of halogens is 1. The molecule has 37 heavy (non-hydrogen) atoms. The van der Waals surface area contributed by atoms with Gasteiger partial charge in [0.25, 0.3) is 10.0 Å². The van der Waals surface area contributed by atoms with Crippen molar-refractivity contribution in [1.29, 1.82) is 0 Å². The number of anilines is 2. The molecule has 0 bridgehead atoms. The first kappa shape index (κ1) is 27.3. The van der Waals surface area contributed by atoms with Gasteiger partial charge in [0.2, 0.25) is 15.9 Å². The minimum atomic E-state index is -4.04. The summed E-state index contributed by atoms with van der Waals surface area (Å²) in [4.78, 5) is 13.2. The van der Waals surface area contributed by atoms with Gasteiger partial charge in [-0.2, -0.15) is 4.31 Å². The van der Waals surface area contributed by atoms with Gasteiger partial charge in [-0.1, -0.05) is 40.0 Å². The molecule has 0 atom stereocenters. The summed E-state index contributed by atoms with van der Waals surface area (Å²) < 4.78 is 56.0. The maximum absolute atomic E-state index is 13.5. The van der Waals surface area contributed by atoms with Crippen LogP contribution in [0.25, 0.3) is 0 Å². The van der Waals surface area contributed by atoms with Crippen LogP contribution in [0.5, 0.6) is 0 Å². The van der Waals surface area contributed by atoms with E-state index in [4.69, 9.17) is 0 Å². The predicted molar refractivity (Wildman–Crippen MR) is 148 cm³/mol. The number of hydrogen-bond donors (Lipinski definition) is 1. The fraction of sp³-hybridized carbons (Fsp3) is 0.269. The van der Waals surface area contributed by atoms with Crippen molar-refractivity contribution < 1.29 is 21.6 Å². The van der Waals surface area contributed by atoms with Gasteiger partial charge < -0.3 is 5.32 Å². The number of carbonyl (C=O) groups is 1. The van der Waals surface area contributed by atoms with Gasteiger partial charge in [0.05, 0.1) is 15.5 Å². The molecule has 196 valence electrons. The van der Waals surface area contributed by atoms with Crippen molar-refractivity contribution in [1.82, 2.24) is 4.31 Å². The lowest BCUT2D eigenvalue weighted by Crippen LogP contribution is -2.38. The van der Waals surface area contributed by atoms with Gasteiger partial charge in [0, 0.05) is 23.2 Å². The largest absolute Gasteiger partial charge is 0.325 e. The smallest absolute Gasteiger partial charge is 0.264 e. The van der Waals surface area contributed by atoms with Crippen LogP contribution in [0.2, 0.25) is 0 Å². The van der Waals surface area contributed by atoms with Gasteiger partial charge in [0.15, 0.2) is 0 Å². The SMILES string of the molecule is Cc1ccc(S(=O)(=O)N(CC(=O)Nc2ccc(S(=O)(=O)N3CCCCC3)cc2)c2ccc(Br)cc2)cc1. The highest BCUT2D eigenvalue weighted by atomic mass is 79.9. The highest BCUT2D eigenvalue weighted by Gasteiger charge is 2.28. The topological polar surface area (TPSA) is 104 Å². The van der Waals surface area contributed by atoms with Gasteiger partial charge in [-0.3, -0.25) is 9.10 Å². The molecule has 0 saturated carbocycles. The molecular formula is C26H28BrN3O5S2. The number of nitrogens with one attached hydrogen (secondary N) is 1. The normalized spacial score (nSPS) is 14.8. The third-order valence-electron chi connectivity index (χ3n) is 6.10. The van der Waals surface area contributed by atoms with E-state index < -0.39 is 32.5 Å². The molecule has 0 radical (unpaired) electrons. The molecular weight excluding hydrogens is 578 g/mol. The summed E-state index contributed by atoms with van der Waals surface area (Å²) in [5.74, 6) is -0.565. The van der Waals surface area contributed by atoms with Crippen LogP contribution >= 0.6 is 15.9 Å². The molecule has 1 aliphatic rings. The van der Waals surface area contributed by atoms with Gasteiger partial charge in [-0.15, -0.1) is 0 Å². The summed E-state index contributed by atoms with van der Waals surface area (Å²) in [5, 5.41) is 2.68. The zero-order chi connectivity index (χ0) is 26.6. The summed E-state index contributed by atoms with van der Waals surface area (Å²) in [6.45, 7) is 2.40. The Morgan fingerprint density at radius 2 is 1.41 bits per heavy atom. The van der Waals surface area contributed by atoms with Crippen LogP contribution < -0.4 is 9.62 Å². The molecule has 1 heterocycles. The number of aryl methyl sites for hydroxylation is 1. The summed E-state index contributed by atoms with van der Waals surface area (Å²) in [5.41, 5.74) is 1.62. The van der Waals surface area contributed by atoms with E-state index in [0.717, 1.165) is 33.6 Å². The van der Waals surface area contributed by atoms with Crippen LogP contribution in [0.4, 0.5) is 11.4 Å². The van der Waals surface area contributed by atoms with Crippen LogP contribution in [0.3, 0.4) is 0 Å². The van der Waals surface area contributed by atoms with Crippen molar-refractivity contribution in [2.75, 3.05) is 29.3 Å². The molecule has 1 fully saturated rings. The monoisotopic (exact) mass is 605 g/mol. The molecule has 8 nitrogen and oxygen atoms in total. The predicted octanol–water partition coefficient (Wildman–Crippen LogP) is 4.77. The second-order valence-corrected chi connectivity index (χ2v) is 13.6. The van der Waals surface area contributed by atoms with E-state index in [9.17, 15) is 21.6 Å². The molecule has 0 aromatic heterocycles. The fourth-order valence-electron chi connectivity index (χ4n) is 4.06.